The zero-order valence-electron chi connectivity index (χ0n) is 29.5. The summed E-state index contributed by atoms with van der Waals surface area (Å²) in [6.07, 6.45) is 6.89. The molecule has 1 saturated heterocycles. The van der Waals surface area contributed by atoms with Crippen molar-refractivity contribution in [2.75, 3.05) is 6.61 Å². The SMILES string of the molecule is CCCC1OC2CC3C4CC=C5CC(=O)C=CC5(C)C4C(O)CC3(C)[C@]2(C(=O)COC(=O)Cc2ccccc2N=Nc2ccc(O)c(C(=O)O)c2)O1. The minimum Gasteiger partial charge on any atom is -0.507 e. The molecule has 12 nitrogen and oxygen atoms in total. The van der Waals surface area contributed by atoms with Crippen LogP contribution in [0.15, 0.2) is 76.5 Å². The lowest BCUT2D eigenvalue weighted by Crippen LogP contribution is -2.63. The summed E-state index contributed by atoms with van der Waals surface area (Å²) in [6.45, 7) is 5.60. The molecule has 2 aromatic rings. The van der Waals surface area contributed by atoms with Crippen LogP contribution in [0, 0.1) is 28.6 Å². The molecule has 0 bridgehead atoms. The number of rotatable bonds is 10. The number of carboxylic acid groups (broad SMARTS) is 1. The van der Waals surface area contributed by atoms with Crippen molar-refractivity contribution in [1.82, 2.24) is 0 Å². The largest absolute Gasteiger partial charge is 0.507 e. The number of phenols is 1. The predicted molar refractivity (Wildman–Crippen MR) is 186 cm³/mol. The second kappa shape index (κ2) is 13.5. The quantitative estimate of drug-likeness (QED) is 0.143. The Morgan fingerprint density at radius 2 is 1.88 bits per heavy atom. The van der Waals surface area contributed by atoms with Crippen molar-refractivity contribution in [3.8, 4) is 5.75 Å². The van der Waals surface area contributed by atoms with Gasteiger partial charge in [0, 0.05) is 23.2 Å². The fraction of sp³-hybridized carbons (Fsp3) is 0.500. The number of aliphatic hydroxyl groups is 1. The molecule has 9 atom stereocenters. The number of ether oxygens (including phenoxy) is 3. The number of aromatic hydroxyl groups is 1. The van der Waals surface area contributed by atoms with Crippen molar-refractivity contribution >= 4 is 34.9 Å². The van der Waals surface area contributed by atoms with Crippen LogP contribution in [-0.4, -0.2) is 69.5 Å². The van der Waals surface area contributed by atoms with Crippen LogP contribution in [0.3, 0.4) is 0 Å². The highest BCUT2D eigenvalue weighted by Gasteiger charge is 2.75. The molecular formula is C40H44N2O10. The highest BCUT2D eigenvalue weighted by atomic mass is 16.7. The highest BCUT2D eigenvalue weighted by Crippen LogP contribution is 2.69. The number of carbonyl (C=O) groups excluding carboxylic acids is 3. The lowest BCUT2D eigenvalue weighted by molar-refractivity contribution is -0.199. The number of nitrogens with zero attached hydrogens (tertiary/aromatic N) is 2. The average Bonchev–Trinajstić information content (AvgIpc) is 3.59. The number of carboxylic acids is 1. The standard InChI is InChI=1S/C40H44N2O10/c1-4-7-35-51-33-19-28-26-12-10-23-17-25(43)14-15-38(23,2)36(26)31(45)20-39(28,3)40(33,52-35)32(46)21-50-34(47)16-22-8-5-6-9-29(22)42-41-24-11-13-30(44)27(18-24)37(48)49/h5-6,8-11,13-15,18,26,28,31,33,35-36,44-45H,4,7,12,16-17,19-21H2,1-3H3,(H,48,49)/t26?,28?,31?,33?,35?,36?,38?,39?,40-/m1/s1. The number of aliphatic hydroxyl groups excluding tert-OH is 1. The monoisotopic (exact) mass is 712 g/mol. The van der Waals surface area contributed by atoms with Crippen molar-refractivity contribution in [1.29, 1.82) is 0 Å². The predicted octanol–water partition coefficient (Wildman–Crippen LogP) is 6.33. The molecule has 7 rings (SSSR count). The van der Waals surface area contributed by atoms with Gasteiger partial charge >= 0.3 is 11.9 Å². The first kappa shape index (κ1) is 35.9. The first-order chi connectivity index (χ1) is 24.8. The van der Waals surface area contributed by atoms with E-state index in [2.05, 4.69) is 23.2 Å². The van der Waals surface area contributed by atoms with Crippen LogP contribution in [0.2, 0.25) is 0 Å². The van der Waals surface area contributed by atoms with E-state index in [-0.39, 0.29) is 41.2 Å². The fourth-order valence-electron chi connectivity index (χ4n) is 10.0. The maximum Gasteiger partial charge on any atom is 0.339 e. The number of fused-ring (bicyclic) bond motifs is 7. The lowest BCUT2D eigenvalue weighted by atomic mass is 9.47. The van der Waals surface area contributed by atoms with Gasteiger partial charge in [0.2, 0.25) is 5.78 Å². The van der Waals surface area contributed by atoms with Crippen LogP contribution in [0.25, 0.3) is 0 Å². The Labute approximate surface area is 301 Å². The Hall–Kier alpha value is -4.52. The number of esters is 1. The molecule has 5 aliphatic rings. The van der Waals surface area contributed by atoms with Crippen LogP contribution in [0.1, 0.15) is 75.2 Å². The summed E-state index contributed by atoms with van der Waals surface area (Å²) in [6, 6.07) is 10.6. The minimum absolute atomic E-state index is 0.0221. The maximum atomic E-state index is 14.5. The summed E-state index contributed by atoms with van der Waals surface area (Å²) in [7, 11) is 0. The second-order valence-corrected chi connectivity index (χ2v) is 15.2. The molecule has 12 heteroatoms. The summed E-state index contributed by atoms with van der Waals surface area (Å²) in [5.74, 6) is -2.82. The molecule has 274 valence electrons. The zero-order chi connectivity index (χ0) is 37.0. The topological polar surface area (TPSA) is 181 Å². The van der Waals surface area contributed by atoms with Gasteiger partial charge in [0.15, 0.2) is 24.3 Å². The highest BCUT2D eigenvalue weighted by molar-refractivity contribution is 5.94. The van der Waals surface area contributed by atoms with Gasteiger partial charge in [0.05, 0.1) is 30.0 Å². The van der Waals surface area contributed by atoms with Gasteiger partial charge in [-0.15, -0.1) is 0 Å². The van der Waals surface area contributed by atoms with Crippen LogP contribution in [-0.2, 0) is 35.0 Å². The Morgan fingerprint density at radius 3 is 2.65 bits per heavy atom. The van der Waals surface area contributed by atoms with E-state index in [0.29, 0.717) is 43.4 Å². The van der Waals surface area contributed by atoms with E-state index in [1.165, 1.54) is 18.2 Å². The zero-order valence-corrected chi connectivity index (χ0v) is 29.5. The molecule has 1 heterocycles. The molecule has 52 heavy (non-hydrogen) atoms. The second-order valence-electron chi connectivity index (χ2n) is 15.2. The van der Waals surface area contributed by atoms with Gasteiger partial charge in [-0.25, -0.2) is 4.79 Å². The first-order valence-electron chi connectivity index (χ1n) is 18.0. The molecule has 0 radical (unpaired) electrons. The normalized spacial score (nSPS) is 34.6. The molecule has 3 fully saturated rings. The lowest BCUT2D eigenvalue weighted by Gasteiger charge is -2.59. The van der Waals surface area contributed by atoms with Gasteiger partial charge in [-0.3, -0.25) is 14.4 Å². The van der Waals surface area contributed by atoms with E-state index in [1.807, 2.05) is 19.9 Å². The number of hydrogen-bond donors (Lipinski definition) is 3. The van der Waals surface area contributed by atoms with E-state index in [1.54, 1.807) is 30.3 Å². The Balaban J connectivity index is 1.10. The van der Waals surface area contributed by atoms with Crippen molar-refractivity contribution in [3.05, 3.63) is 77.4 Å². The van der Waals surface area contributed by atoms with Crippen LogP contribution < -0.4 is 0 Å². The number of aromatic carboxylic acids is 1. The average molecular weight is 713 g/mol. The molecule has 8 unspecified atom stereocenters. The van der Waals surface area contributed by atoms with E-state index in [0.717, 1.165) is 12.0 Å². The van der Waals surface area contributed by atoms with Gasteiger partial charge in [-0.2, -0.15) is 10.2 Å². The molecule has 2 aromatic carbocycles. The molecular weight excluding hydrogens is 668 g/mol. The van der Waals surface area contributed by atoms with Crippen molar-refractivity contribution in [3.63, 3.8) is 0 Å². The molecule has 2 saturated carbocycles. The molecule has 1 aliphatic heterocycles. The van der Waals surface area contributed by atoms with Gasteiger partial charge in [-0.05, 0) is 73.4 Å². The Kier molecular flexibility index (Phi) is 9.29. The third-order valence-electron chi connectivity index (χ3n) is 12.4. The summed E-state index contributed by atoms with van der Waals surface area (Å²) in [4.78, 5) is 51.5. The Bertz CT molecular complexity index is 1900. The minimum atomic E-state index is -1.42. The third-order valence-corrected chi connectivity index (χ3v) is 12.4. The Morgan fingerprint density at radius 1 is 1.10 bits per heavy atom. The summed E-state index contributed by atoms with van der Waals surface area (Å²) in [5.41, 5.74) is -0.941. The summed E-state index contributed by atoms with van der Waals surface area (Å²) in [5, 5.41) is 39.3. The number of ketones is 2. The number of allylic oxidation sites excluding steroid dienone is 4. The van der Waals surface area contributed by atoms with Crippen LogP contribution >= 0.6 is 0 Å². The van der Waals surface area contributed by atoms with E-state index < -0.39 is 65.0 Å². The first-order valence-corrected chi connectivity index (χ1v) is 18.0. The van der Waals surface area contributed by atoms with Gasteiger partial charge in [0.1, 0.15) is 11.3 Å². The fourth-order valence-corrected chi connectivity index (χ4v) is 10.0. The number of hydrogen-bond acceptors (Lipinski definition) is 11. The van der Waals surface area contributed by atoms with Gasteiger partial charge < -0.3 is 29.5 Å². The van der Waals surface area contributed by atoms with E-state index in [9.17, 15) is 34.5 Å². The molecule has 0 aromatic heterocycles. The maximum absolute atomic E-state index is 14.5. The van der Waals surface area contributed by atoms with E-state index >= 15 is 0 Å². The number of Topliss-reactive ketones (excluding diaryl/α,β-unsaturated/α-hetero) is 1. The van der Waals surface area contributed by atoms with Crippen molar-refractivity contribution in [2.24, 2.45) is 38.8 Å². The number of carbonyl (C=O) groups is 4. The van der Waals surface area contributed by atoms with Crippen LogP contribution in [0.5, 0.6) is 5.75 Å². The van der Waals surface area contributed by atoms with E-state index in [4.69, 9.17) is 14.2 Å². The summed E-state index contributed by atoms with van der Waals surface area (Å²) >= 11 is 0. The van der Waals surface area contributed by atoms with Crippen molar-refractivity contribution in [2.45, 2.75) is 89.8 Å². The number of azo groups is 1. The van der Waals surface area contributed by atoms with Gasteiger partial charge in [0.25, 0.3) is 0 Å². The molecule has 0 amide bonds. The smallest absolute Gasteiger partial charge is 0.339 e. The van der Waals surface area contributed by atoms with Gasteiger partial charge in [-0.1, -0.05) is 63.1 Å². The molecule has 4 aliphatic carbocycles. The molecule has 3 N–H and O–H groups in total. The number of benzene rings is 2. The van der Waals surface area contributed by atoms with Crippen LogP contribution in [0.4, 0.5) is 11.4 Å². The summed E-state index contributed by atoms with van der Waals surface area (Å²) < 4.78 is 18.8. The molecule has 0 spiro atoms. The van der Waals surface area contributed by atoms with Crippen molar-refractivity contribution < 1.29 is 48.7 Å². The third kappa shape index (κ3) is 5.81.